The van der Waals surface area contributed by atoms with Gasteiger partial charge in [-0.1, -0.05) is 29.8 Å². The van der Waals surface area contributed by atoms with Crippen LogP contribution in [0.25, 0.3) is 0 Å². The van der Waals surface area contributed by atoms with Crippen LogP contribution in [-0.2, 0) is 0 Å². The Hall–Kier alpha value is -2.80. The van der Waals surface area contributed by atoms with Crippen molar-refractivity contribution in [3.8, 4) is 0 Å². The highest BCUT2D eigenvalue weighted by Crippen LogP contribution is 2.23. The zero-order chi connectivity index (χ0) is 18.6. The number of carbonyl (C=O) groups is 1. The van der Waals surface area contributed by atoms with E-state index in [2.05, 4.69) is 0 Å². The van der Waals surface area contributed by atoms with Crippen molar-refractivity contribution in [3.05, 3.63) is 75.1 Å². The SMILES string of the molecule is CCN(CC(O)c1ccc(C)cc1)C(=O)c1cc(F)ccc1[N+](=O)[O-]. The second-order valence-corrected chi connectivity index (χ2v) is 5.69. The molecule has 6 nitrogen and oxygen atoms in total. The van der Waals surface area contributed by atoms with Crippen LogP contribution < -0.4 is 0 Å². The lowest BCUT2D eigenvalue weighted by molar-refractivity contribution is -0.385. The van der Waals surface area contributed by atoms with Gasteiger partial charge in [-0.3, -0.25) is 14.9 Å². The van der Waals surface area contributed by atoms with Crippen molar-refractivity contribution in [2.24, 2.45) is 0 Å². The average molecular weight is 346 g/mol. The van der Waals surface area contributed by atoms with Gasteiger partial charge in [0.15, 0.2) is 0 Å². The van der Waals surface area contributed by atoms with E-state index < -0.39 is 28.4 Å². The van der Waals surface area contributed by atoms with Gasteiger partial charge in [0.05, 0.1) is 17.6 Å². The van der Waals surface area contributed by atoms with E-state index in [-0.39, 0.29) is 18.7 Å². The maximum absolute atomic E-state index is 13.5. The van der Waals surface area contributed by atoms with E-state index in [1.54, 1.807) is 19.1 Å². The molecule has 25 heavy (non-hydrogen) atoms. The van der Waals surface area contributed by atoms with Crippen molar-refractivity contribution in [1.82, 2.24) is 4.90 Å². The monoisotopic (exact) mass is 346 g/mol. The van der Waals surface area contributed by atoms with E-state index in [1.807, 2.05) is 19.1 Å². The normalized spacial score (nSPS) is 11.8. The van der Waals surface area contributed by atoms with E-state index in [0.717, 1.165) is 23.8 Å². The van der Waals surface area contributed by atoms with E-state index in [9.17, 15) is 24.4 Å². The number of carbonyl (C=O) groups excluding carboxylic acids is 1. The Morgan fingerprint density at radius 3 is 2.48 bits per heavy atom. The van der Waals surface area contributed by atoms with Crippen LogP contribution in [0, 0.1) is 22.9 Å². The molecule has 0 saturated heterocycles. The van der Waals surface area contributed by atoms with E-state index in [4.69, 9.17) is 0 Å². The summed E-state index contributed by atoms with van der Waals surface area (Å²) in [7, 11) is 0. The van der Waals surface area contributed by atoms with Gasteiger partial charge in [0.1, 0.15) is 11.4 Å². The predicted molar refractivity (Wildman–Crippen MR) is 90.8 cm³/mol. The first-order valence-electron chi connectivity index (χ1n) is 7.81. The number of nitrogens with zero attached hydrogens (tertiary/aromatic N) is 2. The summed E-state index contributed by atoms with van der Waals surface area (Å²) >= 11 is 0. The molecule has 132 valence electrons. The summed E-state index contributed by atoms with van der Waals surface area (Å²) in [6.45, 7) is 3.77. The van der Waals surface area contributed by atoms with Crippen molar-refractivity contribution >= 4 is 11.6 Å². The van der Waals surface area contributed by atoms with Gasteiger partial charge in [0.2, 0.25) is 0 Å². The number of aliphatic hydroxyl groups excluding tert-OH is 1. The van der Waals surface area contributed by atoms with Crippen LogP contribution in [-0.4, -0.2) is 33.9 Å². The molecule has 1 amide bonds. The number of hydrogen-bond acceptors (Lipinski definition) is 4. The van der Waals surface area contributed by atoms with E-state index in [0.29, 0.717) is 5.56 Å². The van der Waals surface area contributed by atoms with Gasteiger partial charge in [-0.25, -0.2) is 4.39 Å². The zero-order valence-electron chi connectivity index (χ0n) is 14.0. The molecule has 1 N–H and O–H groups in total. The molecular weight excluding hydrogens is 327 g/mol. The molecule has 0 aliphatic rings. The van der Waals surface area contributed by atoms with Crippen LogP contribution >= 0.6 is 0 Å². The van der Waals surface area contributed by atoms with Crippen LogP contribution in [0.2, 0.25) is 0 Å². The van der Waals surface area contributed by atoms with Gasteiger partial charge in [-0.15, -0.1) is 0 Å². The molecule has 2 aromatic carbocycles. The first-order valence-corrected chi connectivity index (χ1v) is 7.81. The highest BCUT2D eigenvalue weighted by molar-refractivity contribution is 5.98. The predicted octanol–water partition coefficient (Wildman–Crippen LogP) is 3.24. The largest absolute Gasteiger partial charge is 0.387 e. The molecule has 1 atom stereocenters. The summed E-state index contributed by atoms with van der Waals surface area (Å²) in [5.41, 5.74) is 0.873. The Bertz CT molecular complexity index is 777. The quantitative estimate of drug-likeness (QED) is 0.643. The standard InChI is InChI=1S/C18H19FN2O4/c1-3-20(11-17(22)13-6-4-12(2)5-7-13)18(23)15-10-14(19)8-9-16(15)21(24)25/h4-10,17,22H,3,11H2,1-2H3. The fourth-order valence-corrected chi connectivity index (χ4v) is 2.47. The van der Waals surface area contributed by atoms with Crippen molar-refractivity contribution in [2.45, 2.75) is 20.0 Å². The first-order chi connectivity index (χ1) is 11.8. The summed E-state index contributed by atoms with van der Waals surface area (Å²) in [4.78, 5) is 24.2. The van der Waals surface area contributed by atoms with Crippen molar-refractivity contribution in [1.29, 1.82) is 0 Å². The van der Waals surface area contributed by atoms with Gasteiger partial charge in [0, 0.05) is 12.6 Å². The minimum absolute atomic E-state index is 0.0495. The summed E-state index contributed by atoms with van der Waals surface area (Å²) in [5.74, 6) is -1.43. The highest BCUT2D eigenvalue weighted by Gasteiger charge is 2.26. The van der Waals surface area contributed by atoms with Crippen LogP contribution in [0.15, 0.2) is 42.5 Å². The number of halogens is 1. The van der Waals surface area contributed by atoms with Gasteiger partial charge in [-0.2, -0.15) is 0 Å². The Kier molecular flexibility index (Phi) is 5.82. The Morgan fingerprint density at radius 1 is 1.28 bits per heavy atom. The number of amides is 1. The Morgan fingerprint density at radius 2 is 1.92 bits per heavy atom. The number of rotatable bonds is 6. The number of aryl methyl sites for hydroxylation is 1. The molecule has 0 aliphatic heterocycles. The minimum Gasteiger partial charge on any atom is -0.387 e. The second-order valence-electron chi connectivity index (χ2n) is 5.69. The lowest BCUT2D eigenvalue weighted by atomic mass is 10.1. The van der Waals surface area contributed by atoms with Gasteiger partial charge < -0.3 is 10.0 Å². The maximum atomic E-state index is 13.5. The van der Waals surface area contributed by atoms with Crippen LogP contribution in [0.3, 0.4) is 0 Å². The Labute approximate surface area is 144 Å². The first kappa shape index (κ1) is 18.5. The van der Waals surface area contributed by atoms with Crippen LogP contribution in [0.1, 0.15) is 34.5 Å². The molecule has 1 unspecified atom stereocenters. The van der Waals surface area contributed by atoms with Crippen molar-refractivity contribution < 1.29 is 19.2 Å². The number of aliphatic hydroxyl groups is 1. The molecule has 2 aromatic rings. The van der Waals surface area contributed by atoms with E-state index in [1.165, 1.54) is 4.90 Å². The number of nitro benzene ring substituents is 1. The highest BCUT2D eigenvalue weighted by atomic mass is 19.1. The molecule has 0 heterocycles. The van der Waals surface area contributed by atoms with Crippen LogP contribution in [0.5, 0.6) is 0 Å². The van der Waals surface area contributed by atoms with Gasteiger partial charge in [0.25, 0.3) is 11.6 Å². The lowest BCUT2D eigenvalue weighted by Gasteiger charge is -2.24. The Balaban J connectivity index is 2.25. The van der Waals surface area contributed by atoms with Gasteiger partial charge in [-0.05, 0) is 31.5 Å². The lowest BCUT2D eigenvalue weighted by Crippen LogP contribution is -2.35. The molecule has 0 aromatic heterocycles. The summed E-state index contributed by atoms with van der Waals surface area (Å²) in [6.07, 6.45) is -0.947. The second kappa shape index (κ2) is 7.85. The summed E-state index contributed by atoms with van der Waals surface area (Å²) in [5, 5.41) is 21.4. The average Bonchev–Trinajstić information content (AvgIpc) is 2.59. The van der Waals surface area contributed by atoms with E-state index >= 15 is 0 Å². The molecule has 7 heteroatoms. The third-order valence-corrected chi connectivity index (χ3v) is 3.91. The molecule has 0 radical (unpaired) electrons. The number of benzene rings is 2. The smallest absolute Gasteiger partial charge is 0.282 e. The molecule has 0 aliphatic carbocycles. The maximum Gasteiger partial charge on any atom is 0.282 e. The number of likely N-dealkylation sites (N-methyl/N-ethyl adjacent to an activating group) is 1. The summed E-state index contributed by atoms with van der Waals surface area (Å²) < 4.78 is 13.5. The third-order valence-electron chi connectivity index (χ3n) is 3.91. The topological polar surface area (TPSA) is 83.7 Å². The van der Waals surface area contributed by atoms with Gasteiger partial charge >= 0.3 is 0 Å². The van der Waals surface area contributed by atoms with Crippen LogP contribution in [0.4, 0.5) is 10.1 Å². The fraction of sp³-hybridized carbons (Fsp3) is 0.278. The molecule has 0 saturated carbocycles. The molecule has 0 bridgehead atoms. The molecular formula is C18H19FN2O4. The molecule has 0 spiro atoms. The molecule has 2 rings (SSSR count). The van der Waals surface area contributed by atoms with Crippen molar-refractivity contribution in [3.63, 3.8) is 0 Å². The molecule has 0 fully saturated rings. The third kappa shape index (κ3) is 4.39. The minimum atomic E-state index is -0.947. The number of hydrogen-bond donors (Lipinski definition) is 1. The van der Waals surface area contributed by atoms with Crippen molar-refractivity contribution in [2.75, 3.05) is 13.1 Å². The number of nitro groups is 1. The summed E-state index contributed by atoms with van der Waals surface area (Å²) in [6, 6.07) is 9.94. The fourth-order valence-electron chi connectivity index (χ4n) is 2.47. The zero-order valence-corrected chi connectivity index (χ0v) is 14.0.